The highest BCUT2D eigenvalue weighted by atomic mass is 79.9. The Morgan fingerprint density at radius 2 is 1.72 bits per heavy atom. The van der Waals surface area contributed by atoms with E-state index in [4.69, 9.17) is 17.3 Å². The number of hydrogen-bond donors (Lipinski definition) is 1. The van der Waals surface area contributed by atoms with E-state index in [2.05, 4.69) is 15.9 Å². The molecule has 1 aromatic carbocycles. The summed E-state index contributed by atoms with van der Waals surface area (Å²) < 4.78 is 40.5. The lowest BCUT2D eigenvalue weighted by atomic mass is 10.0. The minimum atomic E-state index is -1.03. The maximum absolute atomic E-state index is 13.6. The molecule has 1 heterocycles. The SMILES string of the molecule is NC(c1cc(Cl)c(Br)s1)c1c(F)cc(F)cc1F. The van der Waals surface area contributed by atoms with Crippen LogP contribution in [0, 0.1) is 17.5 Å². The van der Waals surface area contributed by atoms with E-state index in [9.17, 15) is 13.2 Å². The van der Waals surface area contributed by atoms with Crippen molar-refractivity contribution < 1.29 is 13.2 Å². The summed E-state index contributed by atoms with van der Waals surface area (Å²) >= 11 is 10.2. The molecular weight excluding hydrogens is 351 g/mol. The third kappa shape index (κ3) is 2.56. The molecule has 0 fully saturated rings. The van der Waals surface area contributed by atoms with Crippen molar-refractivity contribution in [2.45, 2.75) is 6.04 Å². The van der Waals surface area contributed by atoms with E-state index in [0.717, 1.165) is 0 Å². The summed E-state index contributed by atoms with van der Waals surface area (Å²) in [6, 6.07) is 1.69. The van der Waals surface area contributed by atoms with Crippen LogP contribution in [0.1, 0.15) is 16.5 Å². The molecule has 1 atom stereocenters. The minimum Gasteiger partial charge on any atom is -0.319 e. The Morgan fingerprint density at radius 1 is 1.17 bits per heavy atom. The van der Waals surface area contributed by atoms with Crippen LogP contribution < -0.4 is 5.73 Å². The molecule has 0 radical (unpaired) electrons. The second-order valence-corrected chi connectivity index (χ2v) is 6.34. The maximum atomic E-state index is 13.6. The van der Waals surface area contributed by atoms with Crippen LogP contribution >= 0.6 is 38.9 Å². The normalized spacial score (nSPS) is 12.8. The van der Waals surface area contributed by atoms with Crippen LogP contribution in [0.3, 0.4) is 0 Å². The van der Waals surface area contributed by atoms with Crippen molar-refractivity contribution in [3.63, 3.8) is 0 Å². The van der Waals surface area contributed by atoms with Gasteiger partial charge in [-0.1, -0.05) is 11.6 Å². The zero-order valence-electron chi connectivity index (χ0n) is 8.68. The van der Waals surface area contributed by atoms with Gasteiger partial charge in [-0.25, -0.2) is 13.2 Å². The number of hydrogen-bond acceptors (Lipinski definition) is 2. The second kappa shape index (κ2) is 5.21. The summed E-state index contributed by atoms with van der Waals surface area (Å²) in [5.74, 6) is -3.01. The van der Waals surface area contributed by atoms with Crippen molar-refractivity contribution in [1.82, 2.24) is 0 Å². The number of benzene rings is 1. The highest BCUT2D eigenvalue weighted by Crippen LogP contribution is 2.37. The van der Waals surface area contributed by atoms with Crippen LogP contribution in [0.25, 0.3) is 0 Å². The van der Waals surface area contributed by atoms with Crippen molar-refractivity contribution in [2.24, 2.45) is 5.73 Å². The Hall–Kier alpha value is -0.560. The molecule has 0 bridgehead atoms. The molecule has 2 N–H and O–H groups in total. The van der Waals surface area contributed by atoms with Crippen molar-refractivity contribution in [2.75, 3.05) is 0 Å². The van der Waals surface area contributed by atoms with E-state index in [1.807, 2.05) is 0 Å². The lowest BCUT2D eigenvalue weighted by Gasteiger charge is -2.12. The molecule has 0 aliphatic carbocycles. The van der Waals surface area contributed by atoms with Crippen molar-refractivity contribution >= 4 is 38.9 Å². The zero-order valence-corrected chi connectivity index (χ0v) is 11.8. The van der Waals surface area contributed by atoms with Crippen LogP contribution in [0.15, 0.2) is 22.0 Å². The van der Waals surface area contributed by atoms with Crippen molar-refractivity contribution in [3.8, 4) is 0 Å². The number of thiophene rings is 1. The van der Waals surface area contributed by atoms with Crippen molar-refractivity contribution in [1.29, 1.82) is 0 Å². The molecule has 96 valence electrons. The van der Waals surface area contributed by atoms with Crippen molar-refractivity contribution in [3.05, 3.63) is 54.9 Å². The summed E-state index contributed by atoms with van der Waals surface area (Å²) in [5.41, 5.74) is 5.41. The van der Waals surface area contributed by atoms with Crippen LogP contribution in [0.4, 0.5) is 13.2 Å². The van der Waals surface area contributed by atoms with Gasteiger partial charge in [-0.2, -0.15) is 0 Å². The molecule has 0 spiro atoms. The Labute approximate surface area is 119 Å². The predicted octanol–water partition coefficient (Wildman–Crippen LogP) is 4.63. The summed E-state index contributed by atoms with van der Waals surface area (Å²) in [6.45, 7) is 0. The summed E-state index contributed by atoms with van der Waals surface area (Å²) in [5, 5.41) is 0.411. The van der Waals surface area contributed by atoms with Crippen LogP contribution in [-0.4, -0.2) is 0 Å². The van der Waals surface area contributed by atoms with Gasteiger partial charge >= 0.3 is 0 Å². The molecular formula is C11H6BrClF3NS. The predicted molar refractivity (Wildman–Crippen MR) is 69.4 cm³/mol. The van der Waals surface area contributed by atoms with E-state index < -0.39 is 23.5 Å². The Kier molecular flexibility index (Phi) is 4.01. The first-order valence-corrected chi connectivity index (χ1v) is 6.73. The van der Waals surface area contributed by atoms with E-state index in [1.54, 1.807) is 0 Å². The monoisotopic (exact) mass is 355 g/mol. The minimum absolute atomic E-state index is 0.373. The van der Waals surface area contributed by atoms with E-state index in [0.29, 0.717) is 25.8 Å². The molecule has 7 heteroatoms. The fraction of sp³-hybridized carbons (Fsp3) is 0.0909. The molecule has 1 nitrogen and oxygen atoms in total. The molecule has 18 heavy (non-hydrogen) atoms. The quantitative estimate of drug-likeness (QED) is 0.834. The molecule has 0 amide bonds. The standard InChI is InChI=1S/C11H6BrClF3NS/c12-11-5(13)3-8(18-11)10(17)9-6(15)1-4(14)2-7(9)16/h1-3,10H,17H2. The Balaban J connectivity index is 2.49. The molecule has 2 aromatic rings. The van der Waals surface area contributed by atoms with Crippen LogP contribution in [0.5, 0.6) is 0 Å². The molecule has 0 aliphatic heterocycles. The van der Waals surface area contributed by atoms with Gasteiger partial charge in [-0.05, 0) is 22.0 Å². The van der Waals surface area contributed by atoms with E-state index >= 15 is 0 Å². The average molecular weight is 357 g/mol. The fourth-order valence-electron chi connectivity index (χ4n) is 1.51. The van der Waals surface area contributed by atoms with Gasteiger partial charge in [0, 0.05) is 22.6 Å². The van der Waals surface area contributed by atoms with E-state index in [1.165, 1.54) is 17.4 Å². The third-order valence-electron chi connectivity index (χ3n) is 2.33. The zero-order chi connectivity index (χ0) is 13.4. The van der Waals surface area contributed by atoms with Gasteiger partial charge in [0.25, 0.3) is 0 Å². The van der Waals surface area contributed by atoms with Gasteiger partial charge in [0.1, 0.15) is 17.5 Å². The third-order valence-corrected chi connectivity index (χ3v) is 4.88. The lowest BCUT2D eigenvalue weighted by Crippen LogP contribution is -2.14. The van der Waals surface area contributed by atoms with Crippen LogP contribution in [-0.2, 0) is 0 Å². The van der Waals surface area contributed by atoms with Gasteiger partial charge in [0.15, 0.2) is 0 Å². The second-order valence-electron chi connectivity index (χ2n) is 3.53. The largest absolute Gasteiger partial charge is 0.319 e. The first-order valence-electron chi connectivity index (χ1n) is 4.75. The maximum Gasteiger partial charge on any atom is 0.134 e. The van der Waals surface area contributed by atoms with Gasteiger partial charge < -0.3 is 5.73 Å². The molecule has 0 aliphatic rings. The summed E-state index contributed by atoms with van der Waals surface area (Å²) in [4.78, 5) is 0.483. The molecule has 1 aromatic heterocycles. The first-order chi connectivity index (χ1) is 8.40. The molecule has 0 saturated heterocycles. The van der Waals surface area contributed by atoms with Gasteiger partial charge in [-0.15, -0.1) is 11.3 Å². The smallest absolute Gasteiger partial charge is 0.134 e. The Morgan fingerprint density at radius 3 is 2.17 bits per heavy atom. The molecule has 0 saturated carbocycles. The summed E-state index contributed by atoms with van der Waals surface area (Å²) in [7, 11) is 0. The lowest BCUT2D eigenvalue weighted by molar-refractivity contribution is 0.516. The van der Waals surface area contributed by atoms with Gasteiger partial charge in [-0.3, -0.25) is 0 Å². The first kappa shape index (κ1) is 13.9. The highest BCUT2D eigenvalue weighted by molar-refractivity contribution is 9.11. The topological polar surface area (TPSA) is 26.0 Å². The average Bonchev–Trinajstić information content (AvgIpc) is 2.57. The summed E-state index contributed by atoms with van der Waals surface area (Å²) in [6.07, 6.45) is 0. The number of rotatable bonds is 2. The van der Waals surface area contributed by atoms with Gasteiger partial charge in [0.2, 0.25) is 0 Å². The Bertz CT molecular complexity index is 559. The fourth-order valence-corrected chi connectivity index (χ4v) is 3.27. The number of nitrogens with two attached hydrogens (primary N) is 1. The highest BCUT2D eigenvalue weighted by Gasteiger charge is 2.22. The number of halogens is 5. The van der Waals surface area contributed by atoms with Gasteiger partial charge in [0.05, 0.1) is 14.9 Å². The van der Waals surface area contributed by atoms with Crippen LogP contribution in [0.2, 0.25) is 5.02 Å². The molecule has 1 unspecified atom stereocenters. The molecule has 2 rings (SSSR count). The van der Waals surface area contributed by atoms with E-state index in [-0.39, 0.29) is 5.56 Å².